The monoisotopic (exact) mass is 536 g/mol. The largest absolute Gasteiger partial charge is 0.457 e. The molecule has 0 unspecified atom stereocenters. The number of hydrogen-bond donors (Lipinski definition) is 0. The SMILES string of the molecule is c1ccc(-c2nc(-c3ccc4c(c3)C3(c5ccccc5Oc5ccccc53)c3ccccc3-4)nc3ccccc23)cc1. The molecule has 9 rings (SSSR count). The summed E-state index contributed by atoms with van der Waals surface area (Å²) in [4.78, 5) is 10.3. The van der Waals surface area contributed by atoms with E-state index in [1.165, 1.54) is 22.3 Å². The van der Waals surface area contributed by atoms with E-state index in [0.717, 1.165) is 56.2 Å². The van der Waals surface area contributed by atoms with Crippen molar-refractivity contribution in [2.45, 2.75) is 5.41 Å². The number of hydrogen-bond acceptors (Lipinski definition) is 3. The molecule has 0 bridgehead atoms. The summed E-state index contributed by atoms with van der Waals surface area (Å²) in [6.07, 6.45) is 0. The predicted octanol–water partition coefficient (Wildman–Crippen LogP) is 9.43. The van der Waals surface area contributed by atoms with Crippen LogP contribution in [0.25, 0.3) is 44.7 Å². The molecule has 1 aromatic heterocycles. The van der Waals surface area contributed by atoms with Gasteiger partial charge in [-0.05, 0) is 46.5 Å². The normalized spacial score (nSPS) is 13.6. The minimum Gasteiger partial charge on any atom is -0.457 e. The molecular formula is C39H24N2O. The summed E-state index contributed by atoms with van der Waals surface area (Å²) in [5.74, 6) is 2.49. The van der Waals surface area contributed by atoms with Crippen LogP contribution < -0.4 is 4.74 Å². The van der Waals surface area contributed by atoms with Gasteiger partial charge in [-0.15, -0.1) is 0 Å². The van der Waals surface area contributed by atoms with Crippen molar-refractivity contribution in [1.29, 1.82) is 0 Å². The maximum Gasteiger partial charge on any atom is 0.160 e. The zero-order valence-corrected chi connectivity index (χ0v) is 22.7. The van der Waals surface area contributed by atoms with Crippen molar-refractivity contribution in [1.82, 2.24) is 9.97 Å². The van der Waals surface area contributed by atoms with Crippen LogP contribution in [0.15, 0.2) is 146 Å². The van der Waals surface area contributed by atoms with E-state index in [0.29, 0.717) is 0 Å². The Kier molecular flexibility index (Phi) is 4.82. The Balaban J connectivity index is 1.35. The van der Waals surface area contributed by atoms with E-state index in [-0.39, 0.29) is 0 Å². The van der Waals surface area contributed by atoms with Gasteiger partial charge in [-0.1, -0.05) is 121 Å². The molecule has 2 aliphatic rings. The highest BCUT2D eigenvalue weighted by atomic mass is 16.5. The molecule has 6 aromatic carbocycles. The minimum absolute atomic E-state index is 0.521. The fourth-order valence-corrected chi connectivity index (χ4v) is 7.02. The second kappa shape index (κ2) is 8.73. The maximum absolute atomic E-state index is 6.50. The van der Waals surface area contributed by atoms with Crippen LogP contribution in [-0.2, 0) is 5.41 Å². The average molecular weight is 537 g/mol. The van der Waals surface area contributed by atoms with Crippen molar-refractivity contribution in [3.63, 3.8) is 0 Å². The zero-order valence-electron chi connectivity index (χ0n) is 22.7. The number of fused-ring (bicyclic) bond motifs is 10. The molecule has 3 nitrogen and oxygen atoms in total. The number of aromatic nitrogens is 2. The molecule has 2 heterocycles. The van der Waals surface area contributed by atoms with Crippen molar-refractivity contribution in [2.24, 2.45) is 0 Å². The van der Waals surface area contributed by atoms with Gasteiger partial charge < -0.3 is 4.74 Å². The number of rotatable bonds is 2. The van der Waals surface area contributed by atoms with Gasteiger partial charge in [0, 0.05) is 27.6 Å². The number of ether oxygens (including phenoxy) is 1. The zero-order chi connectivity index (χ0) is 27.7. The summed E-state index contributed by atoms with van der Waals surface area (Å²) in [5, 5.41) is 1.05. The number of para-hydroxylation sites is 3. The molecule has 0 saturated carbocycles. The van der Waals surface area contributed by atoms with E-state index >= 15 is 0 Å². The fourth-order valence-electron chi connectivity index (χ4n) is 7.02. The van der Waals surface area contributed by atoms with Crippen LogP contribution in [0.1, 0.15) is 22.3 Å². The molecule has 196 valence electrons. The molecular weight excluding hydrogens is 512 g/mol. The highest BCUT2D eigenvalue weighted by Gasteiger charge is 2.51. The van der Waals surface area contributed by atoms with Gasteiger partial charge in [0.1, 0.15) is 11.5 Å². The second-order valence-corrected chi connectivity index (χ2v) is 10.9. The molecule has 0 fully saturated rings. The predicted molar refractivity (Wildman–Crippen MR) is 168 cm³/mol. The minimum atomic E-state index is -0.521. The van der Waals surface area contributed by atoms with Gasteiger partial charge in [-0.2, -0.15) is 0 Å². The molecule has 1 aliphatic heterocycles. The van der Waals surface area contributed by atoms with Crippen LogP contribution in [0.4, 0.5) is 0 Å². The Hall–Kier alpha value is -5.54. The lowest BCUT2D eigenvalue weighted by Gasteiger charge is -2.39. The topological polar surface area (TPSA) is 35.0 Å². The van der Waals surface area contributed by atoms with E-state index in [4.69, 9.17) is 14.7 Å². The Labute approximate surface area is 243 Å². The molecule has 0 atom stereocenters. The lowest BCUT2D eigenvalue weighted by molar-refractivity contribution is 0.436. The van der Waals surface area contributed by atoms with Crippen LogP contribution in [0.2, 0.25) is 0 Å². The van der Waals surface area contributed by atoms with Crippen molar-refractivity contribution in [3.8, 4) is 45.3 Å². The Morgan fingerprint density at radius 2 is 1.07 bits per heavy atom. The Morgan fingerprint density at radius 1 is 0.452 bits per heavy atom. The smallest absolute Gasteiger partial charge is 0.160 e. The first-order chi connectivity index (χ1) is 20.8. The van der Waals surface area contributed by atoms with Gasteiger partial charge in [-0.3, -0.25) is 0 Å². The summed E-state index contributed by atoms with van der Waals surface area (Å²) in [5.41, 5.74) is 10.7. The summed E-state index contributed by atoms with van der Waals surface area (Å²) < 4.78 is 6.50. The van der Waals surface area contributed by atoms with E-state index < -0.39 is 5.41 Å². The lowest BCUT2D eigenvalue weighted by atomic mass is 9.66. The first-order valence-corrected chi connectivity index (χ1v) is 14.3. The summed E-state index contributed by atoms with van der Waals surface area (Å²) >= 11 is 0. The molecule has 0 N–H and O–H groups in total. The third kappa shape index (κ3) is 3.11. The second-order valence-electron chi connectivity index (χ2n) is 10.9. The average Bonchev–Trinajstić information content (AvgIpc) is 3.35. The molecule has 7 aromatic rings. The third-order valence-electron chi connectivity index (χ3n) is 8.76. The first-order valence-electron chi connectivity index (χ1n) is 14.3. The van der Waals surface area contributed by atoms with Crippen molar-refractivity contribution < 1.29 is 4.74 Å². The quantitative estimate of drug-likeness (QED) is 0.221. The van der Waals surface area contributed by atoms with E-state index in [2.05, 4.69) is 115 Å². The van der Waals surface area contributed by atoms with Crippen LogP contribution in [0, 0.1) is 0 Å². The number of nitrogens with zero attached hydrogens (tertiary/aromatic N) is 2. The van der Waals surface area contributed by atoms with Gasteiger partial charge in [0.15, 0.2) is 5.82 Å². The Morgan fingerprint density at radius 3 is 1.86 bits per heavy atom. The van der Waals surface area contributed by atoms with Crippen LogP contribution in [-0.4, -0.2) is 9.97 Å². The molecule has 1 spiro atoms. The standard InChI is InChI=1S/C39H24N2O/c1-2-12-25(13-3-1)37-29-15-5-9-19-34(29)40-38(41-37)26-22-23-28-27-14-4-6-16-30(27)39(33(28)24-26)31-17-7-10-20-35(31)42-36-21-11-8-18-32(36)39/h1-24H. The molecule has 0 amide bonds. The molecule has 1 aliphatic carbocycles. The lowest BCUT2D eigenvalue weighted by Crippen LogP contribution is -2.32. The van der Waals surface area contributed by atoms with E-state index in [1.54, 1.807) is 0 Å². The number of benzene rings is 6. The highest BCUT2D eigenvalue weighted by Crippen LogP contribution is 2.62. The first kappa shape index (κ1) is 23.2. The molecule has 0 radical (unpaired) electrons. The molecule has 3 heteroatoms. The molecule has 0 saturated heterocycles. The maximum atomic E-state index is 6.50. The van der Waals surface area contributed by atoms with Crippen LogP contribution in [0.3, 0.4) is 0 Å². The highest BCUT2D eigenvalue weighted by molar-refractivity contribution is 5.94. The van der Waals surface area contributed by atoms with Crippen LogP contribution in [0.5, 0.6) is 11.5 Å². The van der Waals surface area contributed by atoms with Gasteiger partial charge in [0.2, 0.25) is 0 Å². The van der Waals surface area contributed by atoms with Crippen molar-refractivity contribution in [3.05, 3.63) is 168 Å². The summed E-state index contributed by atoms with van der Waals surface area (Å²) in [7, 11) is 0. The fraction of sp³-hybridized carbons (Fsp3) is 0.0256. The molecule has 42 heavy (non-hydrogen) atoms. The van der Waals surface area contributed by atoms with Gasteiger partial charge >= 0.3 is 0 Å². The van der Waals surface area contributed by atoms with Gasteiger partial charge in [0.05, 0.1) is 16.6 Å². The third-order valence-corrected chi connectivity index (χ3v) is 8.76. The Bertz CT molecular complexity index is 2140. The van der Waals surface area contributed by atoms with Crippen molar-refractivity contribution in [2.75, 3.05) is 0 Å². The summed E-state index contributed by atoms with van der Waals surface area (Å²) in [6, 6.07) is 51.1. The van der Waals surface area contributed by atoms with Gasteiger partial charge in [0.25, 0.3) is 0 Å². The van der Waals surface area contributed by atoms with E-state index in [9.17, 15) is 0 Å². The van der Waals surface area contributed by atoms with Crippen molar-refractivity contribution >= 4 is 10.9 Å². The summed E-state index contributed by atoms with van der Waals surface area (Å²) in [6.45, 7) is 0. The van der Waals surface area contributed by atoms with Gasteiger partial charge in [-0.25, -0.2) is 9.97 Å². The van der Waals surface area contributed by atoms with Crippen LogP contribution >= 0.6 is 0 Å². The van der Waals surface area contributed by atoms with E-state index in [1.807, 2.05) is 30.3 Å².